The van der Waals surface area contributed by atoms with Crippen LogP contribution in [-0.2, 0) is 18.9 Å². The van der Waals surface area contributed by atoms with E-state index in [1.807, 2.05) is 0 Å². The zero-order chi connectivity index (χ0) is 16.2. The fraction of sp³-hybridized carbons (Fsp3) is 0.947. The fourth-order valence-corrected chi connectivity index (χ4v) is 5.76. The molecule has 5 nitrogen and oxygen atoms in total. The minimum Gasteiger partial charge on any atom is -0.369 e. The van der Waals surface area contributed by atoms with E-state index >= 15 is 0 Å². The van der Waals surface area contributed by atoms with Crippen molar-refractivity contribution >= 4 is 0 Å². The Morgan fingerprint density at radius 2 is 1.79 bits per heavy atom. The number of ether oxygens (including phenoxy) is 4. The van der Waals surface area contributed by atoms with E-state index in [0.717, 1.165) is 44.9 Å². The van der Waals surface area contributed by atoms with E-state index in [1.165, 1.54) is 19.3 Å². The summed E-state index contributed by atoms with van der Waals surface area (Å²) in [6.45, 7) is 0. The van der Waals surface area contributed by atoms with Gasteiger partial charge in [0, 0.05) is 32.1 Å². The van der Waals surface area contributed by atoms with Crippen molar-refractivity contribution in [1.29, 1.82) is 5.26 Å². The summed E-state index contributed by atoms with van der Waals surface area (Å²) in [6, 6.07) is 2.25. The Morgan fingerprint density at radius 1 is 0.958 bits per heavy atom. The molecule has 0 aromatic heterocycles. The van der Waals surface area contributed by atoms with E-state index in [-0.39, 0.29) is 41.9 Å². The summed E-state index contributed by atoms with van der Waals surface area (Å²) in [5.74, 6) is -0.345. The van der Waals surface area contributed by atoms with Gasteiger partial charge in [-0.1, -0.05) is 6.42 Å². The molecule has 5 aliphatic rings. The van der Waals surface area contributed by atoms with Crippen LogP contribution in [0.3, 0.4) is 0 Å². The van der Waals surface area contributed by atoms with Gasteiger partial charge in [0.15, 0.2) is 5.79 Å². The average molecular weight is 333 g/mol. The zero-order valence-electron chi connectivity index (χ0n) is 14.2. The normalized spacial score (nSPS) is 48.7. The van der Waals surface area contributed by atoms with Crippen LogP contribution in [0.4, 0.5) is 0 Å². The van der Waals surface area contributed by atoms with E-state index in [9.17, 15) is 0 Å². The van der Waals surface area contributed by atoms with Crippen LogP contribution in [0.25, 0.3) is 0 Å². The molecule has 0 N–H and O–H groups in total. The van der Waals surface area contributed by atoms with Crippen LogP contribution in [0.1, 0.15) is 70.6 Å². The minimum absolute atomic E-state index is 0.0838. The Labute approximate surface area is 143 Å². The Hall–Kier alpha value is -0.670. The minimum atomic E-state index is -0.345. The number of hydrogen-bond acceptors (Lipinski definition) is 5. The molecule has 0 aromatic carbocycles. The van der Waals surface area contributed by atoms with Crippen molar-refractivity contribution in [2.45, 2.75) is 113 Å². The molecule has 2 aliphatic carbocycles. The highest BCUT2D eigenvalue weighted by Crippen LogP contribution is 2.55. The Balaban J connectivity index is 1.33. The van der Waals surface area contributed by atoms with Gasteiger partial charge in [0.2, 0.25) is 0 Å². The van der Waals surface area contributed by atoms with Gasteiger partial charge in [0.05, 0.1) is 36.1 Å². The van der Waals surface area contributed by atoms with Crippen LogP contribution < -0.4 is 0 Å². The Bertz CT molecular complexity index is 540. The molecule has 2 bridgehead atoms. The highest BCUT2D eigenvalue weighted by molar-refractivity contribution is 5.12. The maximum absolute atomic E-state index is 8.86. The first kappa shape index (κ1) is 15.6. The third-order valence-electron chi connectivity index (χ3n) is 6.81. The lowest BCUT2D eigenvalue weighted by Gasteiger charge is -2.44. The third-order valence-corrected chi connectivity index (χ3v) is 6.81. The summed E-state index contributed by atoms with van der Waals surface area (Å²) < 4.78 is 25.9. The van der Waals surface area contributed by atoms with Crippen molar-refractivity contribution in [3.8, 4) is 6.07 Å². The molecule has 3 heterocycles. The van der Waals surface area contributed by atoms with Gasteiger partial charge in [-0.25, -0.2) is 0 Å². The molecule has 1 unspecified atom stereocenters. The van der Waals surface area contributed by atoms with Crippen molar-refractivity contribution in [2.24, 2.45) is 0 Å². The van der Waals surface area contributed by atoms with Gasteiger partial charge in [0.25, 0.3) is 0 Å². The van der Waals surface area contributed by atoms with Crippen molar-refractivity contribution in [1.82, 2.24) is 0 Å². The van der Waals surface area contributed by atoms with E-state index in [0.29, 0.717) is 6.42 Å². The number of nitrogens with zero attached hydrogens (tertiary/aromatic N) is 1. The molecule has 3 aliphatic heterocycles. The monoisotopic (exact) mass is 333 g/mol. The van der Waals surface area contributed by atoms with E-state index in [1.54, 1.807) is 0 Å². The van der Waals surface area contributed by atoms with Gasteiger partial charge in [-0.05, 0) is 32.1 Å². The molecule has 0 amide bonds. The lowest BCUT2D eigenvalue weighted by molar-refractivity contribution is -0.215. The van der Waals surface area contributed by atoms with Gasteiger partial charge in [0.1, 0.15) is 6.10 Å². The largest absolute Gasteiger partial charge is 0.369 e. The molecule has 5 heteroatoms. The van der Waals surface area contributed by atoms with Crippen LogP contribution in [0.15, 0.2) is 0 Å². The van der Waals surface area contributed by atoms with Gasteiger partial charge in [-0.3, -0.25) is 0 Å². The maximum Gasteiger partial charge on any atom is 0.169 e. The first-order chi connectivity index (χ1) is 11.7. The molecular formula is C19H27NO4. The summed E-state index contributed by atoms with van der Waals surface area (Å²) >= 11 is 0. The van der Waals surface area contributed by atoms with Gasteiger partial charge >= 0.3 is 0 Å². The molecule has 5 fully saturated rings. The molecule has 5 rings (SSSR count). The topological polar surface area (TPSA) is 60.7 Å². The number of hydrogen-bond donors (Lipinski definition) is 0. The molecule has 2 saturated carbocycles. The lowest BCUT2D eigenvalue weighted by atomic mass is 9.76. The number of rotatable bonds is 2. The molecular weight excluding hydrogens is 306 g/mol. The molecule has 132 valence electrons. The zero-order valence-corrected chi connectivity index (χ0v) is 14.2. The second-order valence-electron chi connectivity index (χ2n) is 8.36. The van der Waals surface area contributed by atoms with Crippen molar-refractivity contribution in [3.63, 3.8) is 0 Å². The van der Waals surface area contributed by atoms with E-state index < -0.39 is 0 Å². The smallest absolute Gasteiger partial charge is 0.169 e. The SMILES string of the molecule is N#CCCC1CC[C@@H]2O[C@@H]3C[C@]2(C[C@H]2OC4(CCCCC4)O[C@@H]32)O1. The second kappa shape index (κ2) is 5.67. The van der Waals surface area contributed by atoms with Crippen LogP contribution in [-0.4, -0.2) is 41.9 Å². The van der Waals surface area contributed by atoms with Crippen molar-refractivity contribution < 1.29 is 18.9 Å². The predicted molar refractivity (Wildman–Crippen MR) is 85.1 cm³/mol. The van der Waals surface area contributed by atoms with Crippen molar-refractivity contribution in [2.75, 3.05) is 0 Å². The van der Waals surface area contributed by atoms with Crippen LogP contribution in [0.5, 0.6) is 0 Å². The Morgan fingerprint density at radius 3 is 2.62 bits per heavy atom. The first-order valence-corrected chi connectivity index (χ1v) is 9.78. The average Bonchev–Trinajstić information content (AvgIpc) is 3.09. The number of fused-ring (bicyclic) bond motifs is 3. The van der Waals surface area contributed by atoms with Gasteiger partial charge in [-0.2, -0.15) is 5.26 Å². The first-order valence-electron chi connectivity index (χ1n) is 9.78. The summed E-state index contributed by atoms with van der Waals surface area (Å²) in [5.41, 5.74) is -0.201. The molecule has 3 saturated heterocycles. The third kappa shape index (κ3) is 2.34. The van der Waals surface area contributed by atoms with Crippen LogP contribution >= 0.6 is 0 Å². The van der Waals surface area contributed by atoms with Gasteiger partial charge in [-0.15, -0.1) is 0 Å². The highest BCUT2D eigenvalue weighted by Gasteiger charge is 2.65. The molecule has 2 spiro atoms. The van der Waals surface area contributed by atoms with Gasteiger partial charge < -0.3 is 18.9 Å². The molecule has 24 heavy (non-hydrogen) atoms. The second-order valence-corrected chi connectivity index (χ2v) is 8.36. The summed E-state index contributed by atoms with van der Waals surface area (Å²) in [7, 11) is 0. The summed E-state index contributed by atoms with van der Waals surface area (Å²) in [4.78, 5) is 0. The van der Waals surface area contributed by atoms with E-state index in [2.05, 4.69) is 6.07 Å². The molecule has 6 atom stereocenters. The van der Waals surface area contributed by atoms with Crippen LogP contribution in [0.2, 0.25) is 0 Å². The predicted octanol–water partition coefficient (Wildman–Crippen LogP) is 3.21. The maximum atomic E-state index is 8.86. The standard InChI is InChI=1S/C19H27NO4/c20-10-4-5-13-6-7-16-18(22-13)11-14(21-16)17-15(12-18)23-19(24-17)8-2-1-3-9-19/h13-17H,1-9,11-12H2/t13?,14-,15-,16+,17+,18-/m1/s1. The molecule has 0 aromatic rings. The highest BCUT2D eigenvalue weighted by atomic mass is 16.8. The van der Waals surface area contributed by atoms with E-state index in [4.69, 9.17) is 24.2 Å². The molecule has 0 radical (unpaired) electrons. The van der Waals surface area contributed by atoms with Crippen molar-refractivity contribution in [3.05, 3.63) is 0 Å². The fourth-order valence-electron chi connectivity index (χ4n) is 5.76. The lowest BCUT2D eigenvalue weighted by Crippen LogP contribution is -2.53. The summed E-state index contributed by atoms with van der Waals surface area (Å²) in [5, 5.41) is 8.86. The Kier molecular flexibility index (Phi) is 3.68. The number of nitriles is 1. The summed E-state index contributed by atoms with van der Waals surface area (Å²) in [6.07, 6.45) is 11.7. The quantitative estimate of drug-likeness (QED) is 0.776. The van der Waals surface area contributed by atoms with Crippen LogP contribution in [0, 0.1) is 11.3 Å².